The fraction of sp³-hybridized carbons (Fsp3) is 0.294. The highest BCUT2D eigenvalue weighted by molar-refractivity contribution is 7.86. The Morgan fingerprint density at radius 2 is 1.54 bits per heavy atom. The summed E-state index contributed by atoms with van der Waals surface area (Å²) in [6.07, 6.45) is -9.73. The van der Waals surface area contributed by atoms with E-state index in [0.717, 1.165) is 24.3 Å². The smallest absolute Gasteiger partial charge is 0.376 e. The van der Waals surface area contributed by atoms with E-state index in [9.17, 15) is 35.7 Å². The third-order valence-electron chi connectivity index (χ3n) is 3.82. The second-order valence-electron chi connectivity index (χ2n) is 5.95. The minimum Gasteiger partial charge on any atom is -0.376 e. The Hall–Kier alpha value is -1.78. The van der Waals surface area contributed by atoms with Crippen LogP contribution in [0.5, 0.6) is 0 Å². The number of halogens is 7. The molecule has 0 radical (unpaired) electrons. The molecule has 11 heteroatoms. The van der Waals surface area contributed by atoms with Crippen molar-refractivity contribution in [1.29, 1.82) is 0 Å². The highest BCUT2D eigenvalue weighted by Gasteiger charge is 2.51. The van der Waals surface area contributed by atoms with E-state index >= 15 is 0 Å². The third-order valence-corrected chi connectivity index (χ3v) is 5.73. The van der Waals surface area contributed by atoms with Crippen molar-refractivity contribution < 1.29 is 35.7 Å². The molecular weight excluding hydrogens is 432 g/mol. The Balaban J connectivity index is 2.45. The van der Waals surface area contributed by atoms with Crippen LogP contribution in [0.1, 0.15) is 12.5 Å². The second-order valence-corrected chi connectivity index (χ2v) is 7.73. The number of benzene rings is 2. The molecule has 0 bridgehead atoms. The minimum absolute atomic E-state index is 0.0235. The van der Waals surface area contributed by atoms with Crippen LogP contribution in [0.4, 0.5) is 32.0 Å². The van der Waals surface area contributed by atoms with Gasteiger partial charge in [-0.3, -0.25) is 4.31 Å². The summed E-state index contributed by atoms with van der Waals surface area (Å²) in [6.45, 7) is -1.10. The highest BCUT2D eigenvalue weighted by Crippen LogP contribution is 2.39. The molecule has 0 aliphatic rings. The maximum Gasteiger partial charge on any atom is 0.421 e. The lowest BCUT2D eigenvalue weighted by Gasteiger charge is -2.28. The maximum atomic E-state index is 13.0. The summed E-state index contributed by atoms with van der Waals surface area (Å²) in [5.74, 6) is 0. The maximum absolute atomic E-state index is 13.0. The van der Waals surface area contributed by atoms with Crippen molar-refractivity contribution in [3.05, 3.63) is 59.1 Å². The van der Waals surface area contributed by atoms with Crippen molar-refractivity contribution in [3.63, 3.8) is 0 Å². The summed E-state index contributed by atoms with van der Waals surface area (Å²) in [5.41, 5.74) is -4.01. The van der Waals surface area contributed by atoms with Gasteiger partial charge < -0.3 is 5.11 Å². The topological polar surface area (TPSA) is 40.5 Å². The number of aliphatic hydroxyl groups is 1. The van der Waals surface area contributed by atoms with Crippen LogP contribution in [-0.2, 0) is 16.6 Å². The van der Waals surface area contributed by atoms with Gasteiger partial charge in [-0.1, -0.05) is 35.9 Å². The number of anilines is 1. The molecule has 2 atom stereocenters. The highest BCUT2D eigenvalue weighted by atomic mass is 35.5. The van der Waals surface area contributed by atoms with E-state index in [1.165, 1.54) is 24.3 Å². The average Bonchev–Trinajstić information content (AvgIpc) is 2.58. The summed E-state index contributed by atoms with van der Waals surface area (Å²) < 4.78 is 90.9. The van der Waals surface area contributed by atoms with Gasteiger partial charge in [0.05, 0.1) is 9.92 Å². The Labute approximate surface area is 164 Å². The molecule has 0 aliphatic heterocycles. The van der Waals surface area contributed by atoms with E-state index in [1.807, 2.05) is 0 Å². The molecule has 1 N–H and O–H groups in total. The predicted octanol–water partition coefficient (Wildman–Crippen LogP) is 5.20. The first-order chi connectivity index (χ1) is 12.7. The zero-order chi connectivity index (χ0) is 21.3. The van der Waals surface area contributed by atoms with E-state index in [1.54, 1.807) is 0 Å². The first kappa shape index (κ1) is 22.5. The molecular formula is C17H14ClF6NO2S. The van der Waals surface area contributed by atoms with Gasteiger partial charge in [-0.25, -0.2) is 4.21 Å². The standard InChI is InChI=1S/C17H14ClF6NO2S/c1-15(26,17(22,23)24)11-6-8-12(9-7-11)25(10-16(19,20)21)28(27)14-5-3-2-4-13(14)18/h2-9,26H,10H2,1H3. The quantitative estimate of drug-likeness (QED) is 0.642. The van der Waals surface area contributed by atoms with Crippen molar-refractivity contribution in [1.82, 2.24) is 0 Å². The largest absolute Gasteiger partial charge is 0.421 e. The lowest BCUT2D eigenvalue weighted by atomic mass is 9.95. The van der Waals surface area contributed by atoms with Crippen LogP contribution in [0.25, 0.3) is 0 Å². The van der Waals surface area contributed by atoms with Crippen LogP contribution in [0.15, 0.2) is 53.4 Å². The molecule has 2 aromatic carbocycles. The SMILES string of the molecule is CC(O)(c1ccc(N(CC(F)(F)F)S(=O)c2ccccc2Cl)cc1)C(F)(F)F. The Bertz CT molecular complexity index is 852. The van der Waals surface area contributed by atoms with E-state index in [2.05, 4.69) is 0 Å². The lowest BCUT2D eigenvalue weighted by Crippen LogP contribution is -2.39. The van der Waals surface area contributed by atoms with Crippen LogP contribution in [0.3, 0.4) is 0 Å². The third kappa shape index (κ3) is 4.98. The minimum atomic E-state index is -4.99. The molecule has 0 heterocycles. The zero-order valence-corrected chi connectivity index (χ0v) is 15.8. The first-order valence-electron chi connectivity index (χ1n) is 7.64. The van der Waals surface area contributed by atoms with Gasteiger partial charge in [0.1, 0.15) is 6.54 Å². The summed E-state index contributed by atoms with van der Waals surface area (Å²) in [4.78, 5) is -0.0835. The fourth-order valence-corrected chi connectivity index (χ4v) is 3.81. The van der Waals surface area contributed by atoms with Gasteiger partial charge in [-0.15, -0.1) is 0 Å². The summed E-state index contributed by atoms with van der Waals surface area (Å²) >= 11 is 5.90. The van der Waals surface area contributed by atoms with Crippen LogP contribution in [-0.4, -0.2) is 28.2 Å². The molecule has 2 aromatic rings. The van der Waals surface area contributed by atoms with E-state index in [4.69, 9.17) is 11.6 Å². The molecule has 154 valence electrons. The van der Waals surface area contributed by atoms with Gasteiger partial charge in [0.2, 0.25) is 0 Å². The van der Waals surface area contributed by atoms with Crippen LogP contribution < -0.4 is 4.31 Å². The molecule has 0 aromatic heterocycles. The van der Waals surface area contributed by atoms with Gasteiger partial charge in [0, 0.05) is 5.69 Å². The van der Waals surface area contributed by atoms with Crippen LogP contribution in [0.2, 0.25) is 5.02 Å². The molecule has 0 spiro atoms. The molecule has 3 nitrogen and oxygen atoms in total. The van der Waals surface area contributed by atoms with Crippen LogP contribution in [0, 0.1) is 0 Å². The predicted molar refractivity (Wildman–Crippen MR) is 93.3 cm³/mol. The normalized spacial score (nSPS) is 15.8. The number of alkyl halides is 6. The zero-order valence-electron chi connectivity index (χ0n) is 14.2. The van der Waals surface area contributed by atoms with Crippen LogP contribution >= 0.6 is 11.6 Å². The van der Waals surface area contributed by atoms with Gasteiger partial charge in [0.15, 0.2) is 16.6 Å². The second kappa shape index (κ2) is 7.92. The van der Waals surface area contributed by atoms with Crippen molar-refractivity contribution in [2.24, 2.45) is 0 Å². The van der Waals surface area contributed by atoms with Crippen molar-refractivity contribution in [2.45, 2.75) is 29.8 Å². The molecule has 2 rings (SSSR count). The number of rotatable bonds is 5. The Morgan fingerprint density at radius 1 is 1.00 bits per heavy atom. The Morgan fingerprint density at radius 3 is 2.00 bits per heavy atom. The first-order valence-corrected chi connectivity index (χ1v) is 9.13. The molecule has 0 fully saturated rings. The average molecular weight is 446 g/mol. The van der Waals surface area contributed by atoms with Gasteiger partial charge in [-0.2, -0.15) is 26.3 Å². The molecule has 0 amide bonds. The van der Waals surface area contributed by atoms with Crippen molar-refractivity contribution in [2.75, 3.05) is 10.8 Å². The molecule has 0 saturated heterocycles. The van der Waals surface area contributed by atoms with Gasteiger partial charge in [-0.05, 0) is 36.8 Å². The number of hydrogen-bond acceptors (Lipinski definition) is 2. The fourth-order valence-electron chi connectivity index (χ4n) is 2.23. The van der Waals surface area contributed by atoms with Gasteiger partial charge >= 0.3 is 12.4 Å². The monoisotopic (exact) mass is 445 g/mol. The Kier molecular flexibility index (Phi) is 6.37. The summed E-state index contributed by atoms with van der Waals surface area (Å²) in [5, 5.41) is 9.64. The number of nitrogens with zero attached hydrogens (tertiary/aromatic N) is 1. The molecule has 28 heavy (non-hydrogen) atoms. The number of hydrogen-bond donors (Lipinski definition) is 1. The van der Waals surface area contributed by atoms with Crippen molar-refractivity contribution >= 4 is 28.3 Å². The summed E-state index contributed by atoms with van der Waals surface area (Å²) in [7, 11) is -2.38. The van der Waals surface area contributed by atoms with E-state index < -0.39 is 41.0 Å². The lowest BCUT2D eigenvalue weighted by molar-refractivity contribution is -0.258. The van der Waals surface area contributed by atoms with Gasteiger partial charge in [0.25, 0.3) is 0 Å². The van der Waals surface area contributed by atoms with Crippen molar-refractivity contribution in [3.8, 4) is 0 Å². The molecule has 0 aliphatic carbocycles. The van der Waals surface area contributed by atoms with E-state index in [0.29, 0.717) is 11.2 Å². The molecule has 0 saturated carbocycles. The summed E-state index contributed by atoms with van der Waals surface area (Å²) in [6, 6.07) is 9.09. The molecule has 2 unspecified atom stereocenters. The van der Waals surface area contributed by atoms with E-state index in [-0.39, 0.29) is 15.6 Å².